The van der Waals surface area contributed by atoms with Gasteiger partial charge in [-0.2, -0.15) is 0 Å². The molecule has 1 aliphatic rings. The third-order valence-electron chi connectivity index (χ3n) is 1.29. The molecule has 0 aliphatic heterocycles. The minimum atomic E-state index is 0.317. The van der Waals surface area contributed by atoms with Gasteiger partial charge in [-0.3, -0.25) is 0 Å². The number of hydrogen-bond donors (Lipinski definition) is 0. The molecular weight excluding hydrogens is 90.1 g/mol. The molecule has 2 heteroatoms. The Bertz CT molecular complexity index is 115. The lowest BCUT2D eigenvalue weighted by molar-refractivity contribution is 0.562. The molecule has 0 aromatic carbocycles. The number of nitrogens with zero attached hydrogens (tertiary/aromatic N) is 1. The Labute approximate surface area is 42.3 Å². The molecule has 38 valence electrons. The van der Waals surface area contributed by atoms with Gasteiger partial charge in [-0.25, -0.2) is 9.79 Å². The van der Waals surface area contributed by atoms with Crippen molar-refractivity contribution in [1.29, 1.82) is 0 Å². The minimum Gasteiger partial charge on any atom is -0.211 e. The molecule has 0 N–H and O–H groups in total. The molecule has 1 aliphatic carbocycles. The molecule has 0 amide bonds. The largest absolute Gasteiger partial charge is 0.235 e. The van der Waals surface area contributed by atoms with Gasteiger partial charge >= 0.3 is 0 Å². The summed E-state index contributed by atoms with van der Waals surface area (Å²) in [4.78, 5) is 13.0. The Kier molecular flexibility index (Phi) is 0.953. The Balaban J connectivity index is 2.34. The van der Waals surface area contributed by atoms with Crippen LogP contribution in [0.15, 0.2) is 4.99 Å². The zero-order valence-electron chi connectivity index (χ0n) is 4.22. The quantitative estimate of drug-likeness (QED) is 0.350. The maximum absolute atomic E-state index is 9.51. The summed E-state index contributed by atoms with van der Waals surface area (Å²) in [6.45, 7) is 2.07. The SMILES string of the molecule is C[C@H]1C[C@H]1N=C=O. The fourth-order valence-electron chi connectivity index (χ4n) is 0.550. The van der Waals surface area contributed by atoms with E-state index in [-0.39, 0.29) is 0 Å². The zero-order valence-corrected chi connectivity index (χ0v) is 4.22. The van der Waals surface area contributed by atoms with Crippen LogP contribution < -0.4 is 0 Å². The van der Waals surface area contributed by atoms with E-state index in [4.69, 9.17) is 0 Å². The van der Waals surface area contributed by atoms with E-state index in [9.17, 15) is 4.79 Å². The summed E-state index contributed by atoms with van der Waals surface area (Å²) < 4.78 is 0. The van der Waals surface area contributed by atoms with Gasteiger partial charge in [0.05, 0.1) is 6.04 Å². The molecule has 0 bridgehead atoms. The Morgan fingerprint density at radius 2 is 2.43 bits per heavy atom. The summed E-state index contributed by atoms with van der Waals surface area (Å²) >= 11 is 0. The molecule has 2 nitrogen and oxygen atoms in total. The predicted octanol–water partition coefficient (Wildman–Crippen LogP) is 0.731. The van der Waals surface area contributed by atoms with Crippen LogP contribution in [-0.4, -0.2) is 12.1 Å². The molecule has 0 spiro atoms. The number of isocyanates is 1. The van der Waals surface area contributed by atoms with Crippen LogP contribution in [0.2, 0.25) is 0 Å². The van der Waals surface area contributed by atoms with Crippen molar-refractivity contribution < 1.29 is 4.79 Å². The van der Waals surface area contributed by atoms with Gasteiger partial charge < -0.3 is 0 Å². The van der Waals surface area contributed by atoms with Crippen LogP contribution in [-0.2, 0) is 4.79 Å². The average molecular weight is 97.1 g/mol. The zero-order chi connectivity index (χ0) is 5.28. The van der Waals surface area contributed by atoms with Crippen molar-refractivity contribution in [2.75, 3.05) is 0 Å². The topological polar surface area (TPSA) is 29.4 Å². The lowest BCUT2D eigenvalue weighted by Gasteiger charge is -1.71. The van der Waals surface area contributed by atoms with Gasteiger partial charge in [0.2, 0.25) is 6.08 Å². The molecule has 0 unspecified atom stereocenters. The second-order valence-corrected chi connectivity index (χ2v) is 2.00. The van der Waals surface area contributed by atoms with Crippen LogP contribution >= 0.6 is 0 Å². The predicted molar refractivity (Wildman–Crippen MR) is 25.7 cm³/mol. The molecule has 0 aromatic heterocycles. The van der Waals surface area contributed by atoms with E-state index in [1.54, 1.807) is 0 Å². The molecular formula is C5H7NO. The number of rotatable bonds is 1. The minimum absolute atomic E-state index is 0.317. The van der Waals surface area contributed by atoms with Gasteiger partial charge in [0.15, 0.2) is 0 Å². The maximum atomic E-state index is 9.51. The van der Waals surface area contributed by atoms with E-state index in [1.807, 2.05) is 0 Å². The van der Waals surface area contributed by atoms with Crippen molar-refractivity contribution in [3.05, 3.63) is 0 Å². The molecule has 0 heterocycles. The molecule has 7 heavy (non-hydrogen) atoms. The standard InChI is InChI=1S/C5H7NO/c1-4-2-5(4)6-3-7/h4-5H,2H2,1H3/t4-,5+/m0/s1. The summed E-state index contributed by atoms with van der Waals surface area (Å²) in [7, 11) is 0. The maximum Gasteiger partial charge on any atom is 0.235 e. The highest BCUT2D eigenvalue weighted by atomic mass is 16.1. The molecule has 1 rings (SSSR count). The first-order valence-corrected chi connectivity index (χ1v) is 2.41. The summed E-state index contributed by atoms with van der Waals surface area (Å²) in [6, 6.07) is 0.317. The molecule has 1 fully saturated rings. The van der Waals surface area contributed by atoms with Crippen molar-refractivity contribution in [3.63, 3.8) is 0 Å². The van der Waals surface area contributed by atoms with Crippen LogP contribution in [0.4, 0.5) is 0 Å². The van der Waals surface area contributed by atoms with E-state index in [0.29, 0.717) is 12.0 Å². The first-order valence-electron chi connectivity index (χ1n) is 2.41. The normalized spacial score (nSPS) is 36.7. The Morgan fingerprint density at radius 3 is 2.57 bits per heavy atom. The molecule has 2 atom stereocenters. The van der Waals surface area contributed by atoms with Crippen LogP contribution in [0.5, 0.6) is 0 Å². The smallest absolute Gasteiger partial charge is 0.211 e. The number of aliphatic imine (C=N–C) groups is 1. The summed E-state index contributed by atoms with van der Waals surface area (Å²) in [5.74, 6) is 0.640. The lowest BCUT2D eigenvalue weighted by Crippen LogP contribution is -1.74. The van der Waals surface area contributed by atoms with Gasteiger partial charge in [0.1, 0.15) is 0 Å². The van der Waals surface area contributed by atoms with E-state index in [1.165, 1.54) is 6.08 Å². The van der Waals surface area contributed by atoms with Crippen LogP contribution in [0.1, 0.15) is 13.3 Å². The highest BCUT2D eigenvalue weighted by molar-refractivity contribution is 5.34. The highest BCUT2D eigenvalue weighted by Gasteiger charge is 2.31. The fraction of sp³-hybridized carbons (Fsp3) is 0.800. The third-order valence-corrected chi connectivity index (χ3v) is 1.29. The fourth-order valence-corrected chi connectivity index (χ4v) is 0.550. The first kappa shape index (κ1) is 4.54. The van der Waals surface area contributed by atoms with Crippen LogP contribution in [0.25, 0.3) is 0 Å². The van der Waals surface area contributed by atoms with Gasteiger partial charge in [-0.1, -0.05) is 6.92 Å². The van der Waals surface area contributed by atoms with E-state index >= 15 is 0 Å². The van der Waals surface area contributed by atoms with Gasteiger partial charge in [-0.05, 0) is 12.3 Å². The molecule has 1 saturated carbocycles. The highest BCUT2D eigenvalue weighted by Crippen LogP contribution is 2.31. The third kappa shape index (κ3) is 0.875. The second-order valence-electron chi connectivity index (χ2n) is 2.00. The number of hydrogen-bond acceptors (Lipinski definition) is 2. The first-order chi connectivity index (χ1) is 3.34. The second kappa shape index (κ2) is 1.47. The van der Waals surface area contributed by atoms with Gasteiger partial charge in [-0.15, -0.1) is 0 Å². The molecule has 0 saturated heterocycles. The van der Waals surface area contributed by atoms with Crippen molar-refractivity contribution >= 4 is 6.08 Å². The molecule has 0 aromatic rings. The summed E-state index contributed by atoms with van der Waals surface area (Å²) in [5.41, 5.74) is 0. The van der Waals surface area contributed by atoms with E-state index < -0.39 is 0 Å². The Hall–Kier alpha value is -0.620. The number of carbonyl (C=O) groups excluding carboxylic acids is 1. The lowest BCUT2D eigenvalue weighted by atomic mass is 10.5. The molecule has 0 radical (unpaired) electrons. The van der Waals surface area contributed by atoms with Gasteiger partial charge in [0, 0.05) is 0 Å². The average Bonchev–Trinajstić information content (AvgIpc) is 2.22. The van der Waals surface area contributed by atoms with Crippen molar-refractivity contribution in [2.45, 2.75) is 19.4 Å². The van der Waals surface area contributed by atoms with Crippen LogP contribution in [0, 0.1) is 5.92 Å². The summed E-state index contributed by atoms with van der Waals surface area (Å²) in [5, 5.41) is 0. The van der Waals surface area contributed by atoms with Crippen LogP contribution in [0.3, 0.4) is 0 Å². The van der Waals surface area contributed by atoms with Gasteiger partial charge in [0.25, 0.3) is 0 Å². The van der Waals surface area contributed by atoms with Crippen molar-refractivity contribution in [1.82, 2.24) is 0 Å². The van der Waals surface area contributed by atoms with Crippen molar-refractivity contribution in [2.24, 2.45) is 10.9 Å². The summed E-state index contributed by atoms with van der Waals surface area (Å²) in [6.07, 6.45) is 2.61. The Morgan fingerprint density at radius 1 is 1.86 bits per heavy atom. The van der Waals surface area contributed by atoms with E-state index in [0.717, 1.165) is 6.42 Å². The monoisotopic (exact) mass is 97.1 g/mol. The van der Waals surface area contributed by atoms with Crippen molar-refractivity contribution in [3.8, 4) is 0 Å². The van der Waals surface area contributed by atoms with E-state index in [2.05, 4.69) is 11.9 Å².